The lowest BCUT2D eigenvalue weighted by molar-refractivity contribution is -0.226. The molecule has 0 amide bonds. The van der Waals surface area contributed by atoms with Crippen molar-refractivity contribution in [3.63, 3.8) is 0 Å². The monoisotopic (exact) mass is 350 g/mol. The van der Waals surface area contributed by atoms with Gasteiger partial charge < -0.3 is 0 Å². The van der Waals surface area contributed by atoms with Gasteiger partial charge in [0.2, 0.25) is 0 Å². The van der Waals surface area contributed by atoms with E-state index in [1.54, 1.807) is 57.8 Å². The zero-order chi connectivity index (χ0) is 17.6. The largest absolute Gasteiger partial charge is 0.0911 e. The highest BCUT2D eigenvalue weighted by Gasteiger charge is 2.69. The molecule has 0 heterocycles. The summed E-state index contributed by atoms with van der Waals surface area (Å²) in [6, 6.07) is 0. The van der Waals surface area contributed by atoms with Gasteiger partial charge in [-0.25, -0.2) is 0 Å². The predicted octanol–water partition coefficient (Wildman–Crippen LogP) is 7.31. The molecule has 0 spiro atoms. The molecule has 2 atom stereocenters. The topological polar surface area (TPSA) is 0 Å². The van der Waals surface area contributed by atoms with Crippen LogP contribution < -0.4 is 0 Å². The molecular weight excluding hydrogens is 312 g/mol. The van der Waals surface area contributed by atoms with Crippen molar-refractivity contribution in [1.82, 2.24) is 0 Å². The Balaban J connectivity index is 1.47. The standard InChI is InChI=1S/C26H38/c1-3-5-23-10-22-11-24(16-23,6-4-2)18-26(15-22,17-23)25-12-19-7-20(13-25)9-21(8-19)14-25/h3-6,19-22H,7-18H2,1-2H3. The first-order valence-corrected chi connectivity index (χ1v) is 11.8. The SMILES string of the molecule is CC=CC12CC3CC(C=CC)(C1)CC(C14CC5CC(CC(C5)C1)C4)(C3)C2. The second kappa shape index (κ2) is 5.09. The molecule has 8 rings (SSSR count). The first kappa shape index (κ1) is 16.4. The fourth-order valence-electron chi connectivity index (χ4n) is 11.0. The molecular formula is C26H38. The molecule has 8 fully saturated rings. The molecule has 0 nitrogen and oxygen atoms in total. The van der Waals surface area contributed by atoms with Crippen molar-refractivity contribution < 1.29 is 0 Å². The van der Waals surface area contributed by atoms with E-state index in [0.717, 1.165) is 29.1 Å². The lowest BCUT2D eigenvalue weighted by Gasteiger charge is -2.74. The summed E-state index contributed by atoms with van der Waals surface area (Å²) < 4.78 is 0. The maximum absolute atomic E-state index is 2.69. The lowest BCUT2D eigenvalue weighted by Crippen LogP contribution is -2.64. The van der Waals surface area contributed by atoms with Crippen molar-refractivity contribution in [1.29, 1.82) is 0 Å². The van der Waals surface area contributed by atoms with E-state index in [1.807, 2.05) is 0 Å². The second-order valence-electron chi connectivity index (χ2n) is 12.2. The first-order chi connectivity index (χ1) is 12.5. The Morgan fingerprint density at radius 1 is 0.538 bits per heavy atom. The summed E-state index contributed by atoms with van der Waals surface area (Å²) in [7, 11) is 0. The molecule has 2 unspecified atom stereocenters. The minimum atomic E-state index is 0.539. The van der Waals surface area contributed by atoms with Gasteiger partial charge in [0.05, 0.1) is 0 Å². The van der Waals surface area contributed by atoms with Gasteiger partial charge in [-0.1, -0.05) is 24.3 Å². The fraction of sp³-hybridized carbons (Fsp3) is 0.846. The van der Waals surface area contributed by atoms with Crippen LogP contribution in [0.25, 0.3) is 0 Å². The summed E-state index contributed by atoms with van der Waals surface area (Å²) in [5.41, 5.74) is 2.50. The normalized spacial score (nSPS) is 59.9. The van der Waals surface area contributed by atoms with Crippen molar-refractivity contribution in [2.24, 2.45) is 45.3 Å². The maximum atomic E-state index is 2.69. The third-order valence-corrected chi connectivity index (χ3v) is 10.4. The summed E-state index contributed by atoms with van der Waals surface area (Å²) in [6.07, 6.45) is 29.0. The Hall–Kier alpha value is -0.520. The van der Waals surface area contributed by atoms with Crippen molar-refractivity contribution in [3.8, 4) is 0 Å². The van der Waals surface area contributed by atoms with Crippen molar-refractivity contribution in [2.45, 2.75) is 90.9 Å². The average molecular weight is 351 g/mol. The summed E-state index contributed by atoms with van der Waals surface area (Å²) in [4.78, 5) is 0. The van der Waals surface area contributed by atoms with Gasteiger partial charge in [-0.05, 0) is 136 Å². The summed E-state index contributed by atoms with van der Waals surface area (Å²) in [5.74, 6) is 4.31. The number of rotatable bonds is 3. The molecule has 8 aliphatic carbocycles. The molecule has 0 aromatic heterocycles. The van der Waals surface area contributed by atoms with E-state index >= 15 is 0 Å². The van der Waals surface area contributed by atoms with Gasteiger partial charge >= 0.3 is 0 Å². The van der Waals surface area contributed by atoms with Crippen LogP contribution in [0.1, 0.15) is 90.9 Å². The van der Waals surface area contributed by atoms with Gasteiger partial charge in [0.25, 0.3) is 0 Å². The summed E-state index contributed by atoms with van der Waals surface area (Å²) in [6.45, 7) is 4.55. The Bertz CT molecular complexity index is 600. The average Bonchev–Trinajstić information content (AvgIpc) is 2.52. The van der Waals surface area contributed by atoms with Crippen LogP contribution in [0.15, 0.2) is 24.3 Å². The quantitative estimate of drug-likeness (QED) is 0.468. The van der Waals surface area contributed by atoms with Gasteiger partial charge in [0.1, 0.15) is 0 Å². The summed E-state index contributed by atoms with van der Waals surface area (Å²) >= 11 is 0. The van der Waals surface area contributed by atoms with Gasteiger partial charge in [0, 0.05) is 0 Å². The van der Waals surface area contributed by atoms with E-state index in [4.69, 9.17) is 0 Å². The lowest BCUT2D eigenvalue weighted by atomic mass is 9.30. The second-order valence-corrected chi connectivity index (χ2v) is 12.2. The molecule has 8 saturated carbocycles. The van der Waals surface area contributed by atoms with E-state index in [2.05, 4.69) is 38.2 Å². The zero-order valence-electron chi connectivity index (χ0n) is 17.1. The van der Waals surface area contributed by atoms with Gasteiger partial charge in [0.15, 0.2) is 0 Å². The van der Waals surface area contributed by atoms with Crippen molar-refractivity contribution in [3.05, 3.63) is 24.3 Å². The number of hydrogen-bond acceptors (Lipinski definition) is 0. The Morgan fingerprint density at radius 2 is 1.00 bits per heavy atom. The van der Waals surface area contributed by atoms with Gasteiger partial charge in [-0.15, -0.1) is 0 Å². The number of allylic oxidation sites excluding steroid dienone is 4. The van der Waals surface area contributed by atoms with Crippen LogP contribution >= 0.6 is 0 Å². The zero-order valence-corrected chi connectivity index (χ0v) is 17.1. The third kappa shape index (κ3) is 2.03. The number of hydrogen-bond donors (Lipinski definition) is 0. The minimum Gasteiger partial charge on any atom is -0.0911 e. The van der Waals surface area contributed by atoms with Crippen LogP contribution in [-0.2, 0) is 0 Å². The molecule has 0 radical (unpaired) electrons. The Morgan fingerprint density at radius 3 is 1.46 bits per heavy atom. The van der Waals surface area contributed by atoms with Crippen LogP contribution in [0.3, 0.4) is 0 Å². The molecule has 0 aromatic carbocycles. The summed E-state index contributed by atoms with van der Waals surface area (Å²) in [5, 5.41) is 0. The smallest absolute Gasteiger partial charge is 0.0102 e. The van der Waals surface area contributed by atoms with Crippen LogP contribution in [0.5, 0.6) is 0 Å². The molecule has 0 N–H and O–H groups in total. The maximum Gasteiger partial charge on any atom is -0.0102 e. The highest BCUT2D eigenvalue weighted by Crippen LogP contribution is 2.79. The molecule has 0 aromatic rings. The van der Waals surface area contributed by atoms with Crippen LogP contribution in [0.2, 0.25) is 0 Å². The molecule has 8 bridgehead atoms. The Kier molecular flexibility index (Phi) is 3.22. The van der Waals surface area contributed by atoms with Crippen LogP contribution in [0.4, 0.5) is 0 Å². The van der Waals surface area contributed by atoms with Gasteiger partial charge in [-0.2, -0.15) is 0 Å². The molecule has 8 aliphatic rings. The van der Waals surface area contributed by atoms with E-state index in [0.29, 0.717) is 16.2 Å². The van der Waals surface area contributed by atoms with E-state index in [1.165, 1.54) is 19.3 Å². The van der Waals surface area contributed by atoms with Crippen LogP contribution in [0, 0.1) is 45.3 Å². The molecule has 142 valence electrons. The molecule has 0 aliphatic heterocycles. The van der Waals surface area contributed by atoms with E-state index < -0.39 is 0 Å². The first-order valence-electron chi connectivity index (χ1n) is 11.8. The minimum absolute atomic E-state index is 0.539. The molecule has 0 heteroatoms. The predicted molar refractivity (Wildman–Crippen MR) is 109 cm³/mol. The van der Waals surface area contributed by atoms with Gasteiger partial charge in [-0.3, -0.25) is 0 Å². The molecule has 26 heavy (non-hydrogen) atoms. The van der Waals surface area contributed by atoms with E-state index in [9.17, 15) is 0 Å². The van der Waals surface area contributed by atoms with Crippen molar-refractivity contribution in [2.75, 3.05) is 0 Å². The Labute approximate surface area is 160 Å². The highest BCUT2D eigenvalue weighted by molar-refractivity contribution is 5.26. The third-order valence-electron chi connectivity index (χ3n) is 10.4. The van der Waals surface area contributed by atoms with Crippen molar-refractivity contribution >= 4 is 0 Å². The van der Waals surface area contributed by atoms with Crippen LogP contribution in [-0.4, -0.2) is 0 Å². The fourth-order valence-corrected chi connectivity index (χ4v) is 11.0. The highest BCUT2D eigenvalue weighted by atomic mass is 14.7. The molecule has 0 saturated heterocycles. The van der Waals surface area contributed by atoms with E-state index in [-0.39, 0.29) is 0 Å².